The van der Waals surface area contributed by atoms with E-state index in [0.717, 1.165) is 25.0 Å². The third-order valence-corrected chi connectivity index (χ3v) is 5.68. The molecular formula is C18H27N3. The number of likely N-dealkylation sites (tertiary alicyclic amines) is 1. The van der Waals surface area contributed by atoms with Crippen LogP contribution < -0.4 is 10.6 Å². The van der Waals surface area contributed by atoms with Crippen LogP contribution in [0.25, 0.3) is 0 Å². The molecule has 3 atom stereocenters. The van der Waals surface area contributed by atoms with Crippen molar-refractivity contribution in [1.82, 2.24) is 4.90 Å². The van der Waals surface area contributed by atoms with E-state index in [-0.39, 0.29) is 0 Å². The third-order valence-electron chi connectivity index (χ3n) is 5.68. The van der Waals surface area contributed by atoms with E-state index in [1.54, 1.807) is 0 Å². The lowest BCUT2D eigenvalue weighted by Gasteiger charge is -2.28. The molecule has 0 amide bonds. The van der Waals surface area contributed by atoms with Crippen LogP contribution in [0.3, 0.4) is 0 Å². The molecule has 3 nitrogen and oxygen atoms in total. The van der Waals surface area contributed by atoms with Crippen LogP contribution in [0.5, 0.6) is 0 Å². The van der Waals surface area contributed by atoms with Crippen LogP contribution in [0.4, 0.5) is 5.69 Å². The SMILES string of the molecule is CC1CC(N2CC(CCN)c3ccccc32)CN1C1CC1. The highest BCUT2D eigenvalue weighted by molar-refractivity contribution is 5.61. The molecule has 3 heteroatoms. The predicted molar refractivity (Wildman–Crippen MR) is 87.8 cm³/mol. The minimum atomic E-state index is 0.636. The van der Waals surface area contributed by atoms with Crippen molar-refractivity contribution in [3.8, 4) is 0 Å². The summed E-state index contributed by atoms with van der Waals surface area (Å²) >= 11 is 0. The van der Waals surface area contributed by atoms with Gasteiger partial charge in [-0.05, 0) is 50.8 Å². The second-order valence-electron chi connectivity index (χ2n) is 7.15. The molecular weight excluding hydrogens is 258 g/mol. The number of rotatable bonds is 4. The van der Waals surface area contributed by atoms with Gasteiger partial charge in [-0.15, -0.1) is 0 Å². The van der Waals surface area contributed by atoms with Gasteiger partial charge in [0, 0.05) is 42.8 Å². The molecule has 0 radical (unpaired) electrons. The number of fused-ring (bicyclic) bond motifs is 1. The molecule has 1 aliphatic carbocycles. The fraction of sp³-hybridized carbons (Fsp3) is 0.667. The van der Waals surface area contributed by atoms with Gasteiger partial charge in [0.2, 0.25) is 0 Å². The first-order valence-corrected chi connectivity index (χ1v) is 8.59. The molecule has 0 spiro atoms. The quantitative estimate of drug-likeness (QED) is 0.923. The Morgan fingerprint density at radius 1 is 1.14 bits per heavy atom. The van der Waals surface area contributed by atoms with E-state index in [0.29, 0.717) is 12.0 Å². The van der Waals surface area contributed by atoms with Gasteiger partial charge in [-0.3, -0.25) is 4.90 Å². The molecule has 1 saturated heterocycles. The van der Waals surface area contributed by atoms with E-state index >= 15 is 0 Å². The highest BCUT2D eigenvalue weighted by Gasteiger charge is 2.42. The monoisotopic (exact) mass is 285 g/mol. The van der Waals surface area contributed by atoms with E-state index in [1.807, 2.05) is 0 Å². The largest absolute Gasteiger partial charge is 0.366 e. The summed E-state index contributed by atoms with van der Waals surface area (Å²) in [5.41, 5.74) is 8.84. The van der Waals surface area contributed by atoms with Crippen molar-refractivity contribution in [2.45, 2.75) is 56.7 Å². The predicted octanol–water partition coefficient (Wildman–Crippen LogP) is 2.56. The average molecular weight is 285 g/mol. The van der Waals surface area contributed by atoms with E-state index in [9.17, 15) is 0 Å². The van der Waals surface area contributed by atoms with Gasteiger partial charge in [-0.1, -0.05) is 18.2 Å². The molecule has 2 heterocycles. The lowest BCUT2D eigenvalue weighted by molar-refractivity contribution is 0.256. The van der Waals surface area contributed by atoms with Crippen molar-refractivity contribution < 1.29 is 0 Å². The highest BCUT2D eigenvalue weighted by atomic mass is 15.3. The van der Waals surface area contributed by atoms with E-state index in [1.165, 1.54) is 43.6 Å². The van der Waals surface area contributed by atoms with Gasteiger partial charge in [0.05, 0.1) is 0 Å². The van der Waals surface area contributed by atoms with Crippen LogP contribution in [-0.2, 0) is 0 Å². The summed E-state index contributed by atoms with van der Waals surface area (Å²) in [6.07, 6.45) is 5.27. The van der Waals surface area contributed by atoms with Crippen molar-refractivity contribution in [2.75, 3.05) is 24.5 Å². The summed E-state index contributed by atoms with van der Waals surface area (Å²) in [6, 6.07) is 11.3. The van der Waals surface area contributed by atoms with Crippen LogP contribution >= 0.6 is 0 Å². The molecule has 0 aromatic heterocycles. The van der Waals surface area contributed by atoms with Gasteiger partial charge in [0.25, 0.3) is 0 Å². The summed E-state index contributed by atoms with van der Waals surface area (Å²) in [6.45, 7) is 5.64. The zero-order valence-corrected chi connectivity index (χ0v) is 13.0. The molecule has 21 heavy (non-hydrogen) atoms. The Balaban J connectivity index is 1.56. The molecule has 1 aromatic rings. The minimum absolute atomic E-state index is 0.636. The number of benzene rings is 1. The van der Waals surface area contributed by atoms with Crippen molar-refractivity contribution >= 4 is 5.69 Å². The average Bonchev–Trinajstić information content (AvgIpc) is 3.17. The maximum absolute atomic E-state index is 5.83. The Hall–Kier alpha value is -1.06. The van der Waals surface area contributed by atoms with Gasteiger partial charge in [0.15, 0.2) is 0 Å². The molecule has 3 aliphatic rings. The van der Waals surface area contributed by atoms with Gasteiger partial charge in [-0.2, -0.15) is 0 Å². The van der Waals surface area contributed by atoms with Crippen molar-refractivity contribution in [1.29, 1.82) is 0 Å². The summed E-state index contributed by atoms with van der Waals surface area (Å²) in [7, 11) is 0. The van der Waals surface area contributed by atoms with Crippen molar-refractivity contribution in [2.24, 2.45) is 5.73 Å². The smallest absolute Gasteiger partial charge is 0.0432 e. The lowest BCUT2D eigenvalue weighted by atomic mass is 9.98. The number of nitrogens with two attached hydrogens (primary N) is 1. The summed E-state index contributed by atoms with van der Waals surface area (Å²) in [4.78, 5) is 5.44. The van der Waals surface area contributed by atoms with Crippen LogP contribution in [0.1, 0.15) is 44.1 Å². The molecule has 2 N–H and O–H groups in total. The minimum Gasteiger partial charge on any atom is -0.366 e. The van der Waals surface area contributed by atoms with Gasteiger partial charge in [0.1, 0.15) is 0 Å². The molecule has 3 unspecified atom stereocenters. The van der Waals surface area contributed by atoms with E-state index in [2.05, 4.69) is 41.0 Å². The zero-order valence-electron chi connectivity index (χ0n) is 13.0. The first kappa shape index (κ1) is 13.6. The Kier molecular flexibility index (Phi) is 3.43. The summed E-state index contributed by atoms with van der Waals surface area (Å²) in [5, 5.41) is 0. The number of nitrogens with zero attached hydrogens (tertiary/aromatic N) is 2. The maximum atomic E-state index is 5.83. The summed E-state index contributed by atoms with van der Waals surface area (Å²) in [5.74, 6) is 0.636. The van der Waals surface area contributed by atoms with Crippen LogP contribution in [0.2, 0.25) is 0 Å². The Morgan fingerprint density at radius 2 is 1.95 bits per heavy atom. The number of hydrogen-bond donors (Lipinski definition) is 1. The van der Waals surface area contributed by atoms with E-state index in [4.69, 9.17) is 5.73 Å². The third kappa shape index (κ3) is 2.36. The molecule has 114 valence electrons. The Morgan fingerprint density at radius 3 is 2.71 bits per heavy atom. The summed E-state index contributed by atoms with van der Waals surface area (Å²) < 4.78 is 0. The van der Waals surface area contributed by atoms with Gasteiger partial charge >= 0.3 is 0 Å². The first-order chi connectivity index (χ1) is 10.3. The van der Waals surface area contributed by atoms with Gasteiger partial charge in [-0.25, -0.2) is 0 Å². The van der Waals surface area contributed by atoms with E-state index < -0.39 is 0 Å². The molecule has 2 aliphatic heterocycles. The second-order valence-corrected chi connectivity index (χ2v) is 7.15. The Bertz CT molecular complexity index is 511. The number of hydrogen-bond acceptors (Lipinski definition) is 3. The molecule has 2 fully saturated rings. The first-order valence-electron chi connectivity index (χ1n) is 8.59. The molecule has 0 bridgehead atoms. The molecule has 1 saturated carbocycles. The Labute approximate surface area is 128 Å². The highest BCUT2D eigenvalue weighted by Crippen LogP contribution is 2.42. The van der Waals surface area contributed by atoms with Gasteiger partial charge < -0.3 is 10.6 Å². The topological polar surface area (TPSA) is 32.5 Å². The molecule has 4 rings (SSSR count). The maximum Gasteiger partial charge on any atom is 0.0432 e. The fourth-order valence-corrected chi connectivity index (χ4v) is 4.49. The normalized spacial score (nSPS) is 32.7. The standard InChI is InChI=1S/C18H27N3/c1-13-10-16(12-20(13)15-6-7-15)21-11-14(8-9-19)17-4-2-3-5-18(17)21/h2-5,13-16H,6-12,19H2,1H3. The zero-order chi connectivity index (χ0) is 14.4. The fourth-order valence-electron chi connectivity index (χ4n) is 4.49. The second kappa shape index (κ2) is 5.29. The van der Waals surface area contributed by atoms with Crippen LogP contribution in [0.15, 0.2) is 24.3 Å². The van der Waals surface area contributed by atoms with Crippen molar-refractivity contribution in [3.63, 3.8) is 0 Å². The van der Waals surface area contributed by atoms with Crippen LogP contribution in [0, 0.1) is 0 Å². The van der Waals surface area contributed by atoms with Crippen LogP contribution in [-0.4, -0.2) is 42.7 Å². The number of para-hydroxylation sites is 1. The van der Waals surface area contributed by atoms with Crippen molar-refractivity contribution in [3.05, 3.63) is 29.8 Å². The number of anilines is 1. The lowest BCUT2D eigenvalue weighted by Crippen LogP contribution is -2.37. The molecule has 1 aromatic carbocycles.